The molecule has 0 spiro atoms. The highest BCUT2D eigenvalue weighted by Gasteiger charge is 2.57. The minimum atomic E-state index is -0.627. The summed E-state index contributed by atoms with van der Waals surface area (Å²) in [7, 11) is 1.87. The molecular formula is C42H45Cl2N7O5. The highest BCUT2D eigenvalue weighted by molar-refractivity contribution is 6.40. The number of nitrogens with one attached hydrogen (secondary N) is 2. The lowest BCUT2D eigenvalue weighted by molar-refractivity contribution is -0.148. The zero-order valence-corrected chi connectivity index (χ0v) is 32.9. The zero-order valence-electron chi connectivity index (χ0n) is 31.4. The minimum Gasteiger partial charge on any atom is -0.481 e. The van der Waals surface area contributed by atoms with Gasteiger partial charge in [0.2, 0.25) is 0 Å². The van der Waals surface area contributed by atoms with Gasteiger partial charge in [0, 0.05) is 62.7 Å². The van der Waals surface area contributed by atoms with Gasteiger partial charge in [-0.05, 0) is 86.2 Å². The fraction of sp³-hybridized carbons (Fsp3) is 0.452. The van der Waals surface area contributed by atoms with Gasteiger partial charge in [0.15, 0.2) is 5.82 Å². The molecule has 12 nitrogen and oxygen atoms in total. The number of aromatic nitrogens is 3. The molecule has 56 heavy (non-hydrogen) atoms. The average Bonchev–Trinajstić information content (AvgIpc) is 3.86. The summed E-state index contributed by atoms with van der Waals surface area (Å²) in [6, 6.07) is 13.0. The van der Waals surface area contributed by atoms with Crippen molar-refractivity contribution in [2.24, 2.45) is 17.9 Å². The third-order valence-corrected chi connectivity index (χ3v) is 14.0. The summed E-state index contributed by atoms with van der Waals surface area (Å²) in [5, 5.41) is 16.3. The van der Waals surface area contributed by atoms with Crippen LogP contribution in [0.2, 0.25) is 10.0 Å². The van der Waals surface area contributed by atoms with Crippen molar-refractivity contribution < 1.29 is 24.2 Å². The number of fused-ring (bicyclic) bond motifs is 4. The van der Waals surface area contributed by atoms with Gasteiger partial charge in [-0.2, -0.15) is 0 Å². The smallest absolute Gasteiger partial charge is 0.309 e. The highest BCUT2D eigenvalue weighted by Crippen LogP contribution is 2.63. The van der Waals surface area contributed by atoms with E-state index in [1.54, 1.807) is 30.5 Å². The Morgan fingerprint density at radius 3 is 2.25 bits per heavy atom. The largest absolute Gasteiger partial charge is 0.481 e. The standard InChI is InChI=1S/C42H45Cl2N7O5/c1-49-34-9-15-50(17-14-41-10-12-42(24-41,13-11-41)40(54)55)21-33(34)46-37(49)39(53)48-31-7-3-5-29(36(31)44)28-4-2-6-30(35(28)43)47-38(52)32-18-25-8-16-51(27-22-56-23-27)20-26(25)19-45-32/h2-7,18-19,27H,8-17,20-24H2,1H3,(H,47,52)(H,48,53)(H,54,55). The van der Waals surface area contributed by atoms with Crippen LogP contribution in [0.4, 0.5) is 11.4 Å². The van der Waals surface area contributed by atoms with Gasteiger partial charge in [0.05, 0.1) is 51.8 Å². The van der Waals surface area contributed by atoms with Gasteiger partial charge in [-0.25, -0.2) is 4.98 Å². The van der Waals surface area contributed by atoms with Gasteiger partial charge in [0.1, 0.15) is 5.69 Å². The molecule has 2 aromatic carbocycles. The minimum absolute atomic E-state index is 0.134. The Bertz CT molecular complexity index is 2250. The van der Waals surface area contributed by atoms with E-state index in [0.717, 1.165) is 113 Å². The molecule has 4 aromatic rings. The van der Waals surface area contributed by atoms with Crippen molar-refractivity contribution in [2.75, 3.05) is 43.5 Å². The van der Waals surface area contributed by atoms with Crippen molar-refractivity contribution in [3.8, 4) is 11.1 Å². The normalized spacial score (nSPS) is 23.3. The number of rotatable bonds is 10. The lowest BCUT2D eigenvalue weighted by Crippen LogP contribution is -2.50. The van der Waals surface area contributed by atoms with E-state index in [1.807, 2.05) is 29.8 Å². The number of nitrogens with zero attached hydrogens (tertiary/aromatic N) is 5. The van der Waals surface area contributed by atoms with Crippen LogP contribution in [0.25, 0.3) is 11.1 Å². The van der Waals surface area contributed by atoms with E-state index < -0.39 is 11.4 Å². The molecule has 3 N–H and O–H groups in total. The molecule has 2 amide bonds. The van der Waals surface area contributed by atoms with Gasteiger partial charge in [-0.1, -0.05) is 47.5 Å². The molecule has 292 valence electrons. The number of amides is 2. The number of halogens is 2. The molecule has 14 heteroatoms. The second-order valence-corrected chi connectivity index (χ2v) is 17.2. The number of carboxylic acids is 1. The van der Waals surface area contributed by atoms with Crippen molar-refractivity contribution in [2.45, 2.75) is 70.5 Å². The summed E-state index contributed by atoms with van der Waals surface area (Å²) in [6.07, 6.45) is 8.78. The highest BCUT2D eigenvalue weighted by atomic mass is 35.5. The maximum atomic E-state index is 13.7. The van der Waals surface area contributed by atoms with Crippen LogP contribution in [0.1, 0.15) is 82.1 Å². The van der Waals surface area contributed by atoms with Gasteiger partial charge in [0.25, 0.3) is 11.8 Å². The van der Waals surface area contributed by atoms with E-state index in [1.165, 1.54) is 0 Å². The van der Waals surface area contributed by atoms with Crippen molar-refractivity contribution in [1.82, 2.24) is 24.3 Å². The monoisotopic (exact) mass is 797 g/mol. The van der Waals surface area contributed by atoms with Gasteiger partial charge < -0.3 is 25.0 Å². The van der Waals surface area contributed by atoms with E-state index >= 15 is 0 Å². The number of carboxylic acid groups (broad SMARTS) is 1. The molecule has 3 fully saturated rings. The molecule has 5 heterocycles. The van der Waals surface area contributed by atoms with Crippen LogP contribution in [0.5, 0.6) is 0 Å². The summed E-state index contributed by atoms with van der Waals surface area (Å²) in [6.45, 7) is 5.66. The fourth-order valence-electron chi connectivity index (χ4n) is 9.70. The number of hydrogen-bond acceptors (Lipinski definition) is 8. The van der Waals surface area contributed by atoms with E-state index in [9.17, 15) is 19.5 Å². The Kier molecular flexibility index (Phi) is 9.69. The third kappa shape index (κ3) is 6.68. The number of imidazole rings is 1. The van der Waals surface area contributed by atoms with Crippen LogP contribution in [0.15, 0.2) is 48.7 Å². The van der Waals surface area contributed by atoms with Gasteiger partial charge in [-0.3, -0.25) is 29.2 Å². The lowest BCUT2D eigenvalue weighted by atomic mass is 9.80. The molecule has 5 aliphatic rings. The summed E-state index contributed by atoms with van der Waals surface area (Å²) in [5.74, 6) is -1.05. The molecule has 0 unspecified atom stereocenters. The van der Waals surface area contributed by atoms with Crippen LogP contribution in [-0.2, 0) is 42.5 Å². The number of hydrogen-bond donors (Lipinski definition) is 3. The first-order valence-electron chi connectivity index (χ1n) is 19.5. The molecule has 2 saturated carbocycles. The summed E-state index contributed by atoms with van der Waals surface area (Å²) >= 11 is 13.9. The number of carbonyl (C=O) groups is 3. The SMILES string of the molecule is Cn1c(C(=O)Nc2cccc(-c3cccc(NC(=O)c4cc5c(cn4)CN(C4COC4)CC5)c3Cl)c2Cl)nc2c1CCN(CCC13CCC(C(=O)O)(CC1)C3)C2. The van der Waals surface area contributed by atoms with Crippen molar-refractivity contribution >= 4 is 52.4 Å². The topological polar surface area (TPSA) is 142 Å². The Labute approximate surface area is 335 Å². The van der Waals surface area contributed by atoms with Crippen LogP contribution >= 0.6 is 23.2 Å². The number of ether oxygens (including phenoxy) is 1. The Balaban J connectivity index is 0.858. The lowest BCUT2D eigenvalue weighted by Gasteiger charge is -2.39. The molecule has 0 atom stereocenters. The maximum absolute atomic E-state index is 13.7. The molecule has 0 radical (unpaired) electrons. The Hall–Kier alpha value is -4.33. The van der Waals surface area contributed by atoms with E-state index in [0.29, 0.717) is 56.7 Å². The first-order valence-corrected chi connectivity index (χ1v) is 20.3. The molecule has 2 bridgehead atoms. The average molecular weight is 799 g/mol. The zero-order chi connectivity index (χ0) is 38.8. The number of carbonyl (C=O) groups excluding carboxylic acids is 2. The van der Waals surface area contributed by atoms with Crippen LogP contribution in [0.3, 0.4) is 0 Å². The third-order valence-electron chi connectivity index (χ3n) is 13.2. The summed E-state index contributed by atoms with van der Waals surface area (Å²) in [5.41, 5.74) is 6.16. The van der Waals surface area contributed by atoms with Gasteiger partial charge in [-0.15, -0.1) is 0 Å². The Morgan fingerprint density at radius 2 is 1.61 bits per heavy atom. The number of benzene rings is 2. The molecule has 9 rings (SSSR count). The quantitative estimate of drug-likeness (QED) is 0.157. The van der Waals surface area contributed by atoms with Crippen LogP contribution in [0, 0.1) is 10.8 Å². The molecule has 3 aliphatic heterocycles. The fourth-order valence-corrected chi connectivity index (χ4v) is 10.2. The van der Waals surface area contributed by atoms with E-state index in [-0.39, 0.29) is 17.2 Å². The molecule has 1 saturated heterocycles. The molecule has 2 aromatic heterocycles. The van der Waals surface area contributed by atoms with E-state index in [4.69, 9.17) is 32.9 Å². The van der Waals surface area contributed by atoms with Crippen molar-refractivity contribution in [1.29, 1.82) is 0 Å². The van der Waals surface area contributed by atoms with Crippen LogP contribution < -0.4 is 10.6 Å². The van der Waals surface area contributed by atoms with Crippen molar-refractivity contribution in [3.63, 3.8) is 0 Å². The van der Waals surface area contributed by atoms with Gasteiger partial charge >= 0.3 is 5.97 Å². The first kappa shape index (κ1) is 37.3. The first-order chi connectivity index (χ1) is 27.0. The number of anilines is 2. The predicted octanol–water partition coefficient (Wildman–Crippen LogP) is 6.83. The number of aliphatic carboxylic acids is 1. The second-order valence-electron chi connectivity index (χ2n) is 16.4. The second kappa shape index (κ2) is 14.6. The van der Waals surface area contributed by atoms with Crippen LogP contribution in [-0.4, -0.2) is 86.1 Å². The Morgan fingerprint density at radius 1 is 0.911 bits per heavy atom. The van der Waals surface area contributed by atoms with E-state index in [2.05, 4.69) is 25.4 Å². The maximum Gasteiger partial charge on any atom is 0.309 e. The molecular weight excluding hydrogens is 753 g/mol. The molecule has 2 aliphatic carbocycles. The van der Waals surface area contributed by atoms with Crippen molar-refractivity contribution in [3.05, 3.63) is 92.7 Å². The number of pyridine rings is 1. The summed E-state index contributed by atoms with van der Waals surface area (Å²) in [4.78, 5) is 53.2. The summed E-state index contributed by atoms with van der Waals surface area (Å²) < 4.78 is 7.23. The predicted molar refractivity (Wildman–Crippen MR) is 213 cm³/mol.